The molecule has 1 aromatic rings. The van der Waals surface area contributed by atoms with Crippen LogP contribution in [0.3, 0.4) is 0 Å². The summed E-state index contributed by atoms with van der Waals surface area (Å²) in [6.45, 7) is 0.401. The molecule has 4 heteroatoms. The second kappa shape index (κ2) is 3.31. The van der Waals surface area contributed by atoms with Crippen molar-refractivity contribution in [2.45, 2.75) is 13.1 Å². The highest BCUT2D eigenvalue weighted by Gasteiger charge is 1.93. The van der Waals surface area contributed by atoms with Gasteiger partial charge in [-0.15, -0.1) is 0 Å². The molecule has 2 N–H and O–H groups in total. The number of aromatic nitrogens is 2. The lowest BCUT2D eigenvalue weighted by molar-refractivity contribution is 0.427. The molecule has 0 saturated carbocycles. The summed E-state index contributed by atoms with van der Waals surface area (Å²) in [6, 6.07) is 0. The van der Waals surface area contributed by atoms with Gasteiger partial charge in [-0.2, -0.15) is 5.10 Å². The Morgan fingerprint density at radius 3 is 3.00 bits per heavy atom. The fourth-order valence-corrected chi connectivity index (χ4v) is 0.721. The van der Waals surface area contributed by atoms with E-state index in [0.29, 0.717) is 13.1 Å². The normalized spacial score (nSPS) is 10.2. The van der Waals surface area contributed by atoms with Crippen molar-refractivity contribution < 1.29 is 4.39 Å². The first-order valence-electron chi connectivity index (χ1n) is 3.14. The van der Waals surface area contributed by atoms with Crippen LogP contribution < -0.4 is 5.73 Å². The van der Waals surface area contributed by atoms with Crippen LogP contribution in [0, 0.1) is 0 Å². The molecule has 0 bridgehead atoms. The predicted molar refractivity (Wildman–Crippen MR) is 36.1 cm³/mol. The number of hydrogen-bond donors (Lipinski definition) is 1. The van der Waals surface area contributed by atoms with Crippen LogP contribution in [0.25, 0.3) is 0 Å². The third-order valence-corrected chi connectivity index (χ3v) is 1.24. The fraction of sp³-hybridized carbons (Fsp3) is 0.500. The maximum atomic E-state index is 11.7. The van der Waals surface area contributed by atoms with Crippen molar-refractivity contribution in [3.05, 3.63) is 18.0 Å². The lowest BCUT2D eigenvalue weighted by Crippen LogP contribution is -1.99. The smallest absolute Gasteiger partial charge is 0.109 e. The standard InChI is InChI=1S/C6H10FN3/c7-1-2-10-5-6(3-8)4-9-10/h4-5H,1-3,8H2. The summed E-state index contributed by atoms with van der Waals surface area (Å²) in [5.74, 6) is 0. The Kier molecular flexibility index (Phi) is 2.39. The monoisotopic (exact) mass is 143 g/mol. The zero-order chi connectivity index (χ0) is 7.40. The molecule has 0 spiro atoms. The van der Waals surface area contributed by atoms with Gasteiger partial charge >= 0.3 is 0 Å². The number of aryl methyl sites for hydroxylation is 1. The first-order valence-corrected chi connectivity index (χ1v) is 3.14. The van der Waals surface area contributed by atoms with Gasteiger partial charge in [-0.3, -0.25) is 4.68 Å². The van der Waals surface area contributed by atoms with E-state index in [0.717, 1.165) is 5.56 Å². The van der Waals surface area contributed by atoms with Gasteiger partial charge in [0.15, 0.2) is 0 Å². The predicted octanol–water partition coefficient (Wildman–Crippen LogP) is 0.311. The Bertz CT molecular complexity index is 197. The quantitative estimate of drug-likeness (QED) is 0.661. The van der Waals surface area contributed by atoms with Crippen LogP contribution in [0.15, 0.2) is 12.4 Å². The molecule has 1 aromatic heterocycles. The average molecular weight is 143 g/mol. The zero-order valence-electron chi connectivity index (χ0n) is 5.63. The first kappa shape index (κ1) is 7.21. The van der Waals surface area contributed by atoms with E-state index in [1.54, 1.807) is 17.1 Å². The van der Waals surface area contributed by atoms with Gasteiger partial charge in [0.1, 0.15) is 6.67 Å². The molecule has 0 aliphatic heterocycles. The highest BCUT2D eigenvalue weighted by atomic mass is 19.1. The topological polar surface area (TPSA) is 43.8 Å². The van der Waals surface area contributed by atoms with Crippen molar-refractivity contribution >= 4 is 0 Å². The van der Waals surface area contributed by atoms with E-state index in [4.69, 9.17) is 5.73 Å². The minimum Gasteiger partial charge on any atom is -0.326 e. The molecule has 3 nitrogen and oxygen atoms in total. The maximum absolute atomic E-state index is 11.7. The van der Waals surface area contributed by atoms with Crippen molar-refractivity contribution in [1.29, 1.82) is 0 Å². The zero-order valence-corrected chi connectivity index (χ0v) is 5.63. The molecule has 0 fully saturated rings. The van der Waals surface area contributed by atoms with Gasteiger partial charge in [-0.25, -0.2) is 4.39 Å². The Balaban J connectivity index is 2.59. The van der Waals surface area contributed by atoms with E-state index in [9.17, 15) is 4.39 Å². The molecule has 0 radical (unpaired) electrons. The third kappa shape index (κ3) is 1.54. The van der Waals surface area contributed by atoms with Crippen molar-refractivity contribution in [3.63, 3.8) is 0 Å². The molecule has 1 heterocycles. The van der Waals surface area contributed by atoms with E-state index in [1.165, 1.54) is 0 Å². The van der Waals surface area contributed by atoms with E-state index in [-0.39, 0.29) is 6.67 Å². The van der Waals surface area contributed by atoms with Crippen LogP contribution >= 0.6 is 0 Å². The van der Waals surface area contributed by atoms with Crippen LogP contribution in [0.2, 0.25) is 0 Å². The lowest BCUT2D eigenvalue weighted by Gasteiger charge is -1.92. The summed E-state index contributed by atoms with van der Waals surface area (Å²) >= 11 is 0. The van der Waals surface area contributed by atoms with Gasteiger partial charge in [-0.05, 0) is 0 Å². The molecule has 56 valence electrons. The number of alkyl halides is 1. The van der Waals surface area contributed by atoms with Gasteiger partial charge in [0.05, 0.1) is 12.7 Å². The van der Waals surface area contributed by atoms with Crippen LogP contribution in [0.5, 0.6) is 0 Å². The second-order valence-corrected chi connectivity index (χ2v) is 2.00. The SMILES string of the molecule is NCc1cnn(CCF)c1. The lowest BCUT2D eigenvalue weighted by atomic mass is 10.4. The van der Waals surface area contributed by atoms with Gasteiger partial charge in [0.2, 0.25) is 0 Å². The molecule has 0 aliphatic rings. The van der Waals surface area contributed by atoms with Crippen LogP contribution in [-0.4, -0.2) is 16.5 Å². The first-order chi connectivity index (χ1) is 4.86. The second-order valence-electron chi connectivity index (χ2n) is 2.00. The number of rotatable bonds is 3. The Morgan fingerprint density at radius 2 is 2.50 bits per heavy atom. The average Bonchev–Trinajstić information content (AvgIpc) is 2.37. The Hall–Kier alpha value is -0.900. The fourth-order valence-electron chi connectivity index (χ4n) is 0.721. The summed E-state index contributed by atoms with van der Waals surface area (Å²) in [6.07, 6.45) is 3.40. The van der Waals surface area contributed by atoms with Crippen molar-refractivity contribution in [1.82, 2.24) is 9.78 Å². The van der Waals surface area contributed by atoms with Crippen molar-refractivity contribution in [2.24, 2.45) is 5.73 Å². The molecular weight excluding hydrogens is 133 g/mol. The van der Waals surface area contributed by atoms with Crippen molar-refractivity contribution in [2.75, 3.05) is 6.67 Å². The number of nitrogens with zero attached hydrogens (tertiary/aromatic N) is 2. The van der Waals surface area contributed by atoms with Crippen molar-refractivity contribution in [3.8, 4) is 0 Å². The largest absolute Gasteiger partial charge is 0.326 e. The summed E-state index contributed by atoms with van der Waals surface area (Å²) in [7, 11) is 0. The third-order valence-electron chi connectivity index (χ3n) is 1.24. The van der Waals surface area contributed by atoms with Gasteiger partial charge in [0, 0.05) is 18.3 Å². The molecule has 0 saturated heterocycles. The van der Waals surface area contributed by atoms with E-state index >= 15 is 0 Å². The van der Waals surface area contributed by atoms with Crippen LogP contribution in [-0.2, 0) is 13.1 Å². The van der Waals surface area contributed by atoms with Gasteiger partial charge in [0.25, 0.3) is 0 Å². The molecule has 0 atom stereocenters. The van der Waals surface area contributed by atoms with Crippen LogP contribution in [0.4, 0.5) is 4.39 Å². The summed E-state index contributed by atoms with van der Waals surface area (Å²) in [4.78, 5) is 0. The number of hydrogen-bond acceptors (Lipinski definition) is 2. The Morgan fingerprint density at radius 1 is 1.70 bits per heavy atom. The Labute approximate surface area is 58.6 Å². The molecule has 0 unspecified atom stereocenters. The van der Waals surface area contributed by atoms with E-state index in [2.05, 4.69) is 5.10 Å². The minimum atomic E-state index is -0.383. The van der Waals surface area contributed by atoms with Gasteiger partial charge < -0.3 is 5.73 Å². The molecule has 0 aliphatic carbocycles. The summed E-state index contributed by atoms with van der Waals surface area (Å²) < 4.78 is 13.2. The molecule has 10 heavy (non-hydrogen) atoms. The summed E-state index contributed by atoms with van der Waals surface area (Å²) in [5, 5.41) is 3.87. The number of nitrogens with two attached hydrogens (primary N) is 1. The maximum Gasteiger partial charge on any atom is 0.109 e. The molecule has 1 rings (SSSR count). The highest BCUT2D eigenvalue weighted by molar-refractivity contribution is 5.02. The highest BCUT2D eigenvalue weighted by Crippen LogP contribution is 1.94. The minimum absolute atomic E-state index is 0.319. The van der Waals surface area contributed by atoms with E-state index in [1.807, 2.05) is 0 Å². The van der Waals surface area contributed by atoms with Gasteiger partial charge in [-0.1, -0.05) is 0 Å². The molecule has 0 aromatic carbocycles. The molecular formula is C6H10FN3. The number of halogens is 1. The van der Waals surface area contributed by atoms with E-state index < -0.39 is 0 Å². The molecule has 0 amide bonds. The summed E-state index contributed by atoms with van der Waals surface area (Å²) in [5.41, 5.74) is 6.25. The van der Waals surface area contributed by atoms with Crippen LogP contribution in [0.1, 0.15) is 5.56 Å².